The van der Waals surface area contributed by atoms with Gasteiger partial charge in [-0.2, -0.15) is 4.68 Å². The maximum absolute atomic E-state index is 12.8. The zero-order valence-corrected chi connectivity index (χ0v) is 33.2. The second kappa shape index (κ2) is 21.1. The van der Waals surface area contributed by atoms with Gasteiger partial charge in [0, 0.05) is 26.7 Å². The SMILES string of the molecule is CCC(=O)[C@H](Cc1ccc(O)c(-n2[nH]c(=O)n(-c3ccccc3)c2=O)c1)NC(C)=O.CCC(=O)[C@H](Cc1ccc(O)cc1)NC(C)=O.O=C1N=NC(=O)N1c1ccccc1. The topological polar surface area (TPSA) is 255 Å². The first kappa shape index (κ1) is 44.9. The number of azo groups is 1. The average Bonchev–Trinajstić information content (AvgIpc) is 3.73. The van der Waals surface area contributed by atoms with Crippen LogP contribution < -0.4 is 26.9 Å². The standard InChI is InChI=1S/C21H22N4O5.C13H17NO3.C8H5N3O2/c1-3-18(27)16(22-13(2)26)11-14-9-10-19(28)17(12-14)25-21(30)24(20(29)23-25)15-7-5-4-6-8-15;1-3-13(17)12(14-9(2)15)8-10-4-6-11(16)7-5-10;12-7-9-10-8(13)11(7)6-4-2-1-3-5-6/h4-10,12,16,28H,3,11H2,1-2H3,(H,22,26)(H,23,29);4-7,12,16H,3,8H2,1-2H3,(H,14,15);1-5H/t16-;12-;/m00./s1. The monoisotopic (exact) mass is 820 g/mol. The van der Waals surface area contributed by atoms with Gasteiger partial charge in [-0.05, 0) is 72.5 Å². The molecule has 4 aromatic carbocycles. The van der Waals surface area contributed by atoms with E-state index in [1.807, 2.05) is 0 Å². The molecule has 0 unspecified atom stereocenters. The van der Waals surface area contributed by atoms with Gasteiger partial charge in [-0.1, -0.05) is 78.7 Å². The van der Waals surface area contributed by atoms with Crippen LogP contribution in [0.4, 0.5) is 15.3 Å². The molecule has 312 valence electrons. The highest BCUT2D eigenvalue weighted by Crippen LogP contribution is 2.23. The Morgan fingerprint density at radius 3 is 1.60 bits per heavy atom. The van der Waals surface area contributed by atoms with Crippen molar-refractivity contribution >= 4 is 41.1 Å². The van der Waals surface area contributed by atoms with Crippen LogP contribution in [0.15, 0.2) is 123 Å². The average molecular weight is 821 g/mol. The van der Waals surface area contributed by atoms with E-state index in [0.717, 1.165) is 19.7 Å². The van der Waals surface area contributed by atoms with E-state index in [-0.39, 0.29) is 53.4 Å². The Bertz CT molecular complexity index is 2460. The first-order chi connectivity index (χ1) is 28.6. The van der Waals surface area contributed by atoms with Gasteiger partial charge in [0.25, 0.3) is 0 Å². The van der Waals surface area contributed by atoms with E-state index in [0.29, 0.717) is 29.8 Å². The molecule has 0 radical (unpaired) electrons. The minimum Gasteiger partial charge on any atom is -0.508 e. The second-order valence-electron chi connectivity index (χ2n) is 13.2. The number of phenolic OH excluding ortho intramolecular Hbond substituents is 2. The van der Waals surface area contributed by atoms with Crippen LogP contribution in [-0.2, 0) is 32.0 Å². The summed E-state index contributed by atoms with van der Waals surface area (Å²) in [5.74, 6) is -0.711. The minimum absolute atomic E-state index is 0.00766. The Balaban J connectivity index is 0.000000222. The van der Waals surface area contributed by atoms with E-state index >= 15 is 0 Å². The lowest BCUT2D eigenvalue weighted by molar-refractivity contribution is -0.126. The van der Waals surface area contributed by atoms with Crippen LogP contribution in [-0.4, -0.2) is 72.1 Å². The van der Waals surface area contributed by atoms with E-state index < -0.39 is 35.5 Å². The molecule has 0 bridgehead atoms. The van der Waals surface area contributed by atoms with Crippen LogP contribution in [0.3, 0.4) is 0 Å². The number of hydrogen-bond donors (Lipinski definition) is 5. The van der Waals surface area contributed by atoms with Gasteiger partial charge < -0.3 is 20.8 Å². The van der Waals surface area contributed by atoms with Crippen molar-refractivity contribution in [2.75, 3.05) is 4.90 Å². The van der Waals surface area contributed by atoms with E-state index in [9.17, 15) is 43.5 Å². The third-order valence-corrected chi connectivity index (χ3v) is 8.75. The van der Waals surface area contributed by atoms with E-state index in [2.05, 4.69) is 26.0 Å². The summed E-state index contributed by atoms with van der Waals surface area (Å²) in [6, 6.07) is 25.5. The first-order valence-corrected chi connectivity index (χ1v) is 18.7. The third kappa shape index (κ3) is 12.1. The number of phenols is 2. The maximum Gasteiger partial charge on any atom is 0.375 e. The van der Waals surface area contributed by atoms with Crippen molar-refractivity contribution in [3.8, 4) is 22.9 Å². The number of imide groups is 1. The molecule has 6 amide bonds. The summed E-state index contributed by atoms with van der Waals surface area (Å²) in [5, 5.41) is 33.4. The molecule has 5 N–H and O–H groups in total. The molecule has 5 aromatic rings. The summed E-state index contributed by atoms with van der Waals surface area (Å²) < 4.78 is 1.90. The molecular formula is C42H44N8O10. The smallest absolute Gasteiger partial charge is 0.375 e. The number of carbonyl (C=O) groups is 6. The van der Waals surface area contributed by atoms with Gasteiger partial charge in [0.1, 0.15) is 17.2 Å². The molecule has 60 heavy (non-hydrogen) atoms. The van der Waals surface area contributed by atoms with E-state index in [4.69, 9.17) is 5.11 Å². The van der Waals surface area contributed by atoms with Crippen molar-refractivity contribution in [2.24, 2.45) is 10.2 Å². The number of H-pyrrole nitrogens is 1. The Hall–Kier alpha value is -7.76. The van der Waals surface area contributed by atoms with Crippen molar-refractivity contribution < 1.29 is 39.0 Å². The summed E-state index contributed by atoms with van der Waals surface area (Å²) in [4.78, 5) is 94.5. The lowest BCUT2D eigenvalue weighted by atomic mass is 10.00. The van der Waals surface area contributed by atoms with Crippen LogP contribution >= 0.6 is 0 Å². The molecule has 2 atom stereocenters. The second-order valence-corrected chi connectivity index (χ2v) is 13.2. The van der Waals surface area contributed by atoms with Crippen molar-refractivity contribution in [3.05, 3.63) is 135 Å². The van der Waals surface area contributed by atoms with Gasteiger partial charge >= 0.3 is 23.4 Å². The Morgan fingerprint density at radius 2 is 1.12 bits per heavy atom. The predicted molar refractivity (Wildman–Crippen MR) is 220 cm³/mol. The van der Waals surface area contributed by atoms with Crippen molar-refractivity contribution in [1.82, 2.24) is 25.0 Å². The molecule has 0 saturated carbocycles. The molecular weight excluding hydrogens is 777 g/mol. The highest BCUT2D eigenvalue weighted by atomic mass is 16.3. The number of hydrogen-bond acceptors (Lipinski definition) is 10. The number of nitrogens with one attached hydrogen (secondary N) is 3. The number of Topliss-reactive ketones (excluding diaryl/α,β-unsaturated/α-hetero) is 2. The Kier molecular flexibility index (Phi) is 15.8. The highest BCUT2D eigenvalue weighted by molar-refractivity contribution is 6.17. The van der Waals surface area contributed by atoms with Crippen LogP contribution in [0, 0.1) is 0 Å². The van der Waals surface area contributed by atoms with E-state index in [1.165, 1.54) is 26.0 Å². The van der Waals surface area contributed by atoms with Crippen LogP contribution in [0.25, 0.3) is 11.4 Å². The fourth-order valence-corrected chi connectivity index (χ4v) is 5.86. The number of aromatic nitrogens is 3. The number of urea groups is 2. The van der Waals surface area contributed by atoms with Gasteiger partial charge in [0.2, 0.25) is 11.8 Å². The Labute approximate surface area is 343 Å². The quantitative estimate of drug-likeness (QED) is 0.110. The first-order valence-electron chi connectivity index (χ1n) is 18.7. The summed E-state index contributed by atoms with van der Waals surface area (Å²) in [5.41, 5.74) is 1.11. The number of benzene rings is 4. The molecule has 18 nitrogen and oxygen atoms in total. The maximum atomic E-state index is 12.8. The van der Waals surface area contributed by atoms with E-state index in [1.54, 1.807) is 105 Å². The summed E-state index contributed by atoms with van der Waals surface area (Å²) >= 11 is 0. The molecule has 0 spiro atoms. The normalized spacial score (nSPS) is 12.6. The molecule has 1 aliphatic rings. The molecule has 0 aliphatic carbocycles. The molecule has 18 heteroatoms. The molecule has 2 heterocycles. The van der Waals surface area contributed by atoms with Crippen LogP contribution in [0.5, 0.6) is 11.5 Å². The fourth-order valence-electron chi connectivity index (χ4n) is 5.86. The summed E-state index contributed by atoms with van der Waals surface area (Å²) in [7, 11) is 0. The molecule has 1 aliphatic heterocycles. The fraction of sp³-hybridized carbons (Fsp3) is 0.238. The lowest BCUT2D eigenvalue weighted by Gasteiger charge is -2.17. The van der Waals surface area contributed by atoms with Crippen molar-refractivity contribution in [1.29, 1.82) is 0 Å². The molecule has 0 saturated heterocycles. The third-order valence-electron chi connectivity index (χ3n) is 8.75. The number of amides is 6. The van der Waals surface area contributed by atoms with Crippen LogP contribution in [0.1, 0.15) is 51.7 Å². The number of ketones is 2. The van der Waals surface area contributed by atoms with Crippen LogP contribution in [0.2, 0.25) is 0 Å². The minimum atomic E-state index is -0.727. The zero-order valence-electron chi connectivity index (χ0n) is 33.2. The number of aromatic amines is 1. The lowest BCUT2D eigenvalue weighted by Crippen LogP contribution is -2.41. The molecule has 0 fully saturated rings. The number of carbonyl (C=O) groups excluding carboxylic acids is 6. The summed E-state index contributed by atoms with van der Waals surface area (Å²) in [6.45, 7) is 6.20. The molecule has 1 aromatic heterocycles. The number of aromatic hydroxyl groups is 2. The van der Waals surface area contributed by atoms with Gasteiger partial charge in [0.15, 0.2) is 11.6 Å². The number of para-hydroxylation sites is 2. The summed E-state index contributed by atoms with van der Waals surface area (Å²) in [6.07, 6.45) is 1.27. The van der Waals surface area contributed by atoms with Gasteiger partial charge in [-0.15, -0.1) is 0 Å². The largest absolute Gasteiger partial charge is 0.508 e. The van der Waals surface area contributed by atoms with Gasteiger partial charge in [-0.25, -0.2) is 33.7 Å². The predicted octanol–water partition coefficient (Wildman–Crippen LogP) is 4.67. The number of rotatable bonds is 13. The van der Waals surface area contributed by atoms with Gasteiger partial charge in [0.05, 0.1) is 23.5 Å². The van der Waals surface area contributed by atoms with Gasteiger partial charge in [-0.3, -0.25) is 19.2 Å². The number of anilines is 1. The Morgan fingerprint density at radius 1 is 0.650 bits per heavy atom. The molecule has 6 rings (SSSR count). The van der Waals surface area contributed by atoms with Crippen molar-refractivity contribution in [3.63, 3.8) is 0 Å². The van der Waals surface area contributed by atoms with Crippen molar-refractivity contribution in [2.45, 2.75) is 65.5 Å². The zero-order chi connectivity index (χ0) is 43.9. The number of nitrogens with zero attached hydrogens (tertiary/aromatic N) is 5. The highest BCUT2D eigenvalue weighted by Gasteiger charge is 2.28.